The first-order chi connectivity index (χ1) is 9.51. The summed E-state index contributed by atoms with van der Waals surface area (Å²) in [4.78, 5) is 4.40. The molecule has 1 N–H and O–H groups in total. The number of nitrogens with zero attached hydrogens (tertiary/aromatic N) is 1. The van der Waals surface area contributed by atoms with Gasteiger partial charge in [0, 0.05) is 17.8 Å². The largest absolute Gasteiger partial charge is 0.437 e. The minimum atomic E-state index is -0.397. The van der Waals surface area contributed by atoms with Crippen LogP contribution in [0.25, 0.3) is 0 Å². The van der Waals surface area contributed by atoms with Gasteiger partial charge >= 0.3 is 0 Å². The highest BCUT2D eigenvalue weighted by molar-refractivity contribution is 6.32. The van der Waals surface area contributed by atoms with E-state index in [1.54, 1.807) is 0 Å². The molecule has 0 atom stereocenters. The predicted molar refractivity (Wildman–Crippen MR) is 78.0 cm³/mol. The second-order valence-electron chi connectivity index (χ2n) is 4.57. The van der Waals surface area contributed by atoms with Crippen molar-refractivity contribution in [2.45, 2.75) is 20.4 Å². The Hall–Kier alpha value is -1.65. The quantitative estimate of drug-likeness (QED) is 0.925. The molecule has 106 valence electrons. The smallest absolute Gasteiger partial charge is 0.224 e. The number of nitrogens with one attached hydrogen (secondary N) is 1. The summed E-state index contributed by atoms with van der Waals surface area (Å²) in [5, 5.41) is 3.30. The molecule has 0 saturated heterocycles. The van der Waals surface area contributed by atoms with E-state index in [1.165, 1.54) is 18.2 Å². The standard InChI is InChI=1S/C15H16ClFN2O/c1-9-6-10(2)19-15(12(9)8-18-3)20-14-5-4-11(17)7-13(14)16/h4-7,18H,8H2,1-3H3. The molecule has 0 aliphatic carbocycles. The molecule has 0 aliphatic heterocycles. The van der Waals surface area contributed by atoms with Crippen LogP contribution in [-0.2, 0) is 6.54 Å². The van der Waals surface area contributed by atoms with Crippen LogP contribution in [0.5, 0.6) is 11.6 Å². The molecule has 0 spiro atoms. The zero-order valence-electron chi connectivity index (χ0n) is 11.6. The highest BCUT2D eigenvalue weighted by Gasteiger charge is 2.12. The van der Waals surface area contributed by atoms with Crippen molar-refractivity contribution in [3.05, 3.63) is 51.9 Å². The molecule has 2 aromatic rings. The van der Waals surface area contributed by atoms with E-state index in [-0.39, 0.29) is 5.02 Å². The van der Waals surface area contributed by atoms with Crippen LogP contribution in [0.2, 0.25) is 5.02 Å². The van der Waals surface area contributed by atoms with E-state index in [0.29, 0.717) is 18.2 Å². The van der Waals surface area contributed by atoms with Gasteiger partial charge in [0.1, 0.15) is 11.6 Å². The number of aromatic nitrogens is 1. The van der Waals surface area contributed by atoms with Crippen LogP contribution in [0.3, 0.4) is 0 Å². The van der Waals surface area contributed by atoms with Crippen LogP contribution in [0.1, 0.15) is 16.8 Å². The van der Waals surface area contributed by atoms with E-state index in [4.69, 9.17) is 16.3 Å². The summed E-state index contributed by atoms with van der Waals surface area (Å²) < 4.78 is 18.8. The summed E-state index contributed by atoms with van der Waals surface area (Å²) in [6.07, 6.45) is 0. The lowest BCUT2D eigenvalue weighted by Crippen LogP contribution is -2.09. The molecule has 0 fully saturated rings. The first-order valence-electron chi connectivity index (χ1n) is 6.26. The van der Waals surface area contributed by atoms with Crippen molar-refractivity contribution in [2.24, 2.45) is 0 Å². The molecule has 2 rings (SSSR count). The predicted octanol–water partition coefficient (Wildman–Crippen LogP) is 4.00. The van der Waals surface area contributed by atoms with Crippen molar-refractivity contribution < 1.29 is 9.13 Å². The van der Waals surface area contributed by atoms with Gasteiger partial charge in [-0.1, -0.05) is 11.6 Å². The normalized spacial score (nSPS) is 10.7. The van der Waals surface area contributed by atoms with E-state index in [9.17, 15) is 4.39 Å². The number of hydrogen-bond donors (Lipinski definition) is 1. The Morgan fingerprint density at radius 2 is 2.05 bits per heavy atom. The van der Waals surface area contributed by atoms with Gasteiger partial charge in [0.05, 0.1) is 5.02 Å². The summed E-state index contributed by atoms with van der Waals surface area (Å²) in [6.45, 7) is 4.53. The van der Waals surface area contributed by atoms with E-state index in [1.807, 2.05) is 27.0 Å². The van der Waals surface area contributed by atoms with Gasteiger partial charge in [-0.05, 0) is 50.7 Å². The van der Waals surface area contributed by atoms with Crippen molar-refractivity contribution in [1.82, 2.24) is 10.3 Å². The third-order valence-electron chi connectivity index (χ3n) is 2.89. The number of hydrogen-bond acceptors (Lipinski definition) is 3. The van der Waals surface area contributed by atoms with Crippen molar-refractivity contribution in [2.75, 3.05) is 7.05 Å². The molecule has 0 radical (unpaired) electrons. The first-order valence-corrected chi connectivity index (χ1v) is 6.63. The Labute approximate surface area is 122 Å². The molecule has 0 unspecified atom stereocenters. The molecule has 0 amide bonds. The van der Waals surface area contributed by atoms with Gasteiger partial charge in [-0.2, -0.15) is 0 Å². The molecule has 1 aromatic heterocycles. The molecule has 0 bridgehead atoms. The molecule has 1 heterocycles. The zero-order valence-corrected chi connectivity index (χ0v) is 12.4. The Balaban J connectivity index is 2.41. The lowest BCUT2D eigenvalue weighted by Gasteiger charge is -2.14. The molecular weight excluding hydrogens is 279 g/mol. The summed E-state index contributed by atoms with van der Waals surface area (Å²) in [5.41, 5.74) is 2.90. The van der Waals surface area contributed by atoms with Crippen LogP contribution < -0.4 is 10.1 Å². The lowest BCUT2D eigenvalue weighted by atomic mass is 10.1. The van der Waals surface area contributed by atoms with Gasteiger partial charge in [0.25, 0.3) is 0 Å². The minimum Gasteiger partial charge on any atom is -0.437 e. The molecule has 0 saturated carbocycles. The lowest BCUT2D eigenvalue weighted by molar-refractivity contribution is 0.451. The van der Waals surface area contributed by atoms with Crippen molar-refractivity contribution >= 4 is 11.6 Å². The number of ether oxygens (including phenoxy) is 1. The van der Waals surface area contributed by atoms with Gasteiger partial charge in [-0.25, -0.2) is 9.37 Å². The van der Waals surface area contributed by atoms with E-state index >= 15 is 0 Å². The Morgan fingerprint density at radius 3 is 2.70 bits per heavy atom. The van der Waals surface area contributed by atoms with Crippen LogP contribution >= 0.6 is 11.6 Å². The second kappa shape index (κ2) is 6.20. The molecule has 5 heteroatoms. The number of pyridine rings is 1. The number of benzene rings is 1. The fourth-order valence-electron chi connectivity index (χ4n) is 1.97. The third-order valence-corrected chi connectivity index (χ3v) is 3.19. The van der Waals surface area contributed by atoms with Crippen molar-refractivity contribution in [3.8, 4) is 11.6 Å². The molecular formula is C15H16ClFN2O. The Bertz CT molecular complexity index is 632. The molecule has 0 aliphatic rings. The second-order valence-corrected chi connectivity index (χ2v) is 4.98. The fourth-order valence-corrected chi connectivity index (χ4v) is 2.17. The van der Waals surface area contributed by atoms with Crippen LogP contribution in [-0.4, -0.2) is 12.0 Å². The number of halogens is 2. The molecule has 3 nitrogen and oxygen atoms in total. The summed E-state index contributed by atoms with van der Waals surface area (Å²) in [6, 6.07) is 6.02. The average Bonchev–Trinajstić information content (AvgIpc) is 2.37. The maximum Gasteiger partial charge on any atom is 0.224 e. The Morgan fingerprint density at radius 1 is 1.30 bits per heavy atom. The third kappa shape index (κ3) is 3.26. The van der Waals surface area contributed by atoms with Gasteiger partial charge in [-0.15, -0.1) is 0 Å². The summed E-state index contributed by atoms with van der Waals surface area (Å²) in [7, 11) is 1.86. The maximum atomic E-state index is 13.0. The van der Waals surface area contributed by atoms with Crippen LogP contribution in [0.15, 0.2) is 24.3 Å². The molecule has 20 heavy (non-hydrogen) atoms. The minimum absolute atomic E-state index is 0.223. The average molecular weight is 295 g/mol. The topological polar surface area (TPSA) is 34.2 Å². The number of aryl methyl sites for hydroxylation is 2. The van der Waals surface area contributed by atoms with Gasteiger partial charge < -0.3 is 10.1 Å². The zero-order chi connectivity index (χ0) is 14.7. The molecule has 1 aromatic carbocycles. The summed E-state index contributed by atoms with van der Waals surface area (Å²) in [5.74, 6) is 0.486. The summed E-state index contributed by atoms with van der Waals surface area (Å²) >= 11 is 5.98. The van der Waals surface area contributed by atoms with E-state index in [2.05, 4.69) is 10.3 Å². The fraction of sp³-hybridized carbons (Fsp3) is 0.267. The first kappa shape index (κ1) is 14.8. The van der Waals surface area contributed by atoms with E-state index in [0.717, 1.165) is 16.8 Å². The van der Waals surface area contributed by atoms with Crippen LogP contribution in [0.4, 0.5) is 4.39 Å². The number of rotatable bonds is 4. The van der Waals surface area contributed by atoms with Crippen molar-refractivity contribution in [1.29, 1.82) is 0 Å². The Kier molecular flexibility index (Phi) is 4.57. The van der Waals surface area contributed by atoms with Gasteiger partial charge in [-0.3, -0.25) is 0 Å². The van der Waals surface area contributed by atoms with E-state index < -0.39 is 5.82 Å². The highest BCUT2D eigenvalue weighted by atomic mass is 35.5. The monoisotopic (exact) mass is 294 g/mol. The SMILES string of the molecule is CNCc1c(C)cc(C)nc1Oc1ccc(F)cc1Cl. The maximum absolute atomic E-state index is 13.0. The van der Waals surface area contributed by atoms with Gasteiger partial charge in [0.15, 0.2) is 0 Å². The van der Waals surface area contributed by atoms with Crippen LogP contribution in [0, 0.1) is 19.7 Å². The van der Waals surface area contributed by atoms with Gasteiger partial charge in [0.2, 0.25) is 5.88 Å². The van der Waals surface area contributed by atoms with Crippen molar-refractivity contribution in [3.63, 3.8) is 0 Å². The highest BCUT2D eigenvalue weighted by Crippen LogP contribution is 2.31.